The van der Waals surface area contributed by atoms with E-state index in [0.29, 0.717) is 48.0 Å². The molecule has 0 aromatic rings. The lowest BCUT2D eigenvalue weighted by Crippen LogP contribution is -2.46. The van der Waals surface area contributed by atoms with Crippen LogP contribution >= 0.6 is 0 Å². The first-order valence-corrected chi connectivity index (χ1v) is 35.1. The number of nitrogens with zero attached hydrogens (tertiary/aromatic N) is 1. The van der Waals surface area contributed by atoms with Crippen molar-refractivity contribution in [2.75, 3.05) is 34.0 Å². The third kappa shape index (κ3) is 78.7. The topological polar surface area (TPSA) is 239 Å². The second-order valence-corrected chi connectivity index (χ2v) is 34.4. The highest BCUT2D eigenvalue weighted by Crippen LogP contribution is 2.29. The van der Waals surface area contributed by atoms with Gasteiger partial charge in [0.1, 0.15) is 0 Å². The van der Waals surface area contributed by atoms with Crippen LogP contribution in [0.1, 0.15) is 331 Å². The number of urea groups is 1. The smallest absolute Gasteiger partial charge is 0.407 e. The van der Waals surface area contributed by atoms with Gasteiger partial charge in [0.05, 0.1) is 25.3 Å². The zero-order valence-electron chi connectivity index (χ0n) is 66.9. The Labute approximate surface area is 565 Å². The van der Waals surface area contributed by atoms with Gasteiger partial charge >= 0.3 is 12.1 Å². The zero-order chi connectivity index (χ0) is 74.2. The fraction of sp³-hybridized carbons (Fsp3) is 0.921. The molecule has 0 aliphatic heterocycles. The molecule has 6 amide bonds. The number of aliphatic hydroxyl groups excluding tert-OH is 1. The molecule has 0 aliphatic carbocycles. The highest BCUT2D eigenvalue weighted by atomic mass is 19.1. The minimum absolute atomic E-state index is 0.0930. The van der Waals surface area contributed by atoms with Crippen LogP contribution in [0.2, 0.25) is 0 Å². The van der Waals surface area contributed by atoms with Gasteiger partial charge in [0.2, 0.25) is 17.7 Å². The SMILES string of the molecule is CC(C)CCC(C)(C)C#N.CC(C)CCC(C)(C)C(N)=O.CC(C)CCC(C)(C)CF.CC(C)CCC(C)(C)CO.CC(C)CCC(C)(C)NC(N)=O.CCNC(=O)C(C)(C)CCC(C)C.CNC(=O)C(C)(C)CCC(C)C.COC(=O)NC(C)(C)CCC(C)C. The Kier molecular flexibility index (Phi) is 60.9. The zero-order valence-corrected chi connectivity index (χ0v) is 66.9. The molecule has 14 nitrogen and oxygen atoms in total. The van der Waals surface area contributed by atoms with Crippen molar-refractivity contribution in [3.8, 4) is 6.07 Å². The van der Waals surface area contributed by atoms with Crippen LogP contribution in [0, 0.1) is 91.2 Å². The van der Waals surface area contributed by atoms with Gasteiger partial charge in [-0.2, -0.15) is 5.26 Å². The van der Waals surface area contributed by atoms with E-state index in [9.17, 15) is 28.4 Å². The molecule has 0 aliphatic rings. The molecule has 0 fully saturated rings. The summed E-state index contributed by atoms with van der Waals surface area (Å²) in [4.78, 5) is 55.3. The van der Waals surface area contributed by atoms with Crippen molar-refractivity contribution in [1.29, 1.82) is 5.26 Å². The van der Waals surface area contributed by atoms with E-state index in [1.165, 1.54) is 13.5 Å². The van der Waals surface area contributed by atoms with Crippen LogP contribution in [-0.4, -0.2) is 80.0 Å². The number of primary amides is 2. The Bertz CT molecular complexity index is 1840. The third-order valence-corrected chi connectivity index (χ3v) is 15.5. The number of rotatable bonds is 32. The molecule has 0 saturated carbocycles. The number of amides is 6. The Morgan fingerprint density at radius 1 is 0.462 bits per heavy atom. The van der Waals surface area contributed by atoms with Crippen molar-refractivity contribution < 1.29 is 38.2 Å². The lowest BCUT2D eigenvalue weighted by Gasteiger charge is -2.26. The molecule has 0 aromatic heterocycles. The average Bonchev–Trinajstić information content (AvgIpc) is 3.08. The van der Waals surface area contributed by atoms with Gasteiger partial charge < -0.3 is 42.6 Å². The molecule has 0 saturated heterocycles. The second kappa shape index (κ2) is 53.6. The van der Waals surface area contributed by atoms with E-state index in [-0.39, 0.29) is 74.1 Å². The molecule has 0 radical (unpaired) electrons. The molecule has 9 N–H and O–H groups in total. The van der Waals surface area contributed by atoms with Crippen molar-refractivity contribution in [3.05, 3.63) is 0 Å². The number of halogens is 1. The summed E-state index contributed by atoms with van der Waals surface area (Å²) in [7, 11) is 3.08. The number of carbonyl (C=O) groups excluding carboxylic acids is 5. The molecule has 0 aromatic carbocycles. The molecular weight excluding hydrogens is 1140 g/mol. The number of alkyl halides is 1. The molecule has 0 unspecified atom stereocenters. The molecule has 0 atom stereocenters. The summed E-state index contributed by atoms with van der Waals surface area (Å²) in [5.74, 6) is 5.62. The van der Waals surface area contributed by atoms with Crippen LogP contribution < -0.4 is 32.7 Å². The first kappa shape index (κ1) is 103. The number of methoxy groups -OCH3 is 1. The predicted octanol–water partition coefficient (Wildman–Crippen LogP) is 20.0. The van der Waals surface area contributed by atoms with E-state index >= 15 is 0 Å². The number of hydrogen-bond acceptors (Lipinski definition) is 8. The Balaban J connectivity index is -0.000000144. The molecule has 91 heavy (non-hydrogen) atoms. The van der Waals surface area contributed by atoms with Crippen LogP contribution in [0.3, 0.4) is 0 Å². The lowest BCUT2D eigenvalue weighted by atomic mass is 9.84. The van der Waals surface area contributed by atoms with Crippen LogP contribution in [-0.2, 0) is 19.1 Å². The van der Waals surface area contributed by atoms with Crippen LogP contribution in [0.25, 0.3) is 0 Å². The van der Waals surface area contributed by atoms with Gasteiger partial charge in [0, 0.05) is 47.5 Å². The van der Waals surface area contributed by atoms with Crippen molar-refractivity contribution in [1.82, 2.24) is 21.3 Å². The van der Waals surface area contributed by atoms with Gasteiger partial charge in [-0.05, 0) is 197 Å². The molecule has 0 heterocycles. The molecular formula is C76H160FN7O7. The quantitative estimate of drug-likeness (QED) is 0.0341. The van der Waals surface area contributed by atoms with E-state index in [4.69, 9.17) is 21.8 Å². The van der Waals surface area contributed by atoms with Crippen molar-refractivity contribution in [2.45, 2.75) is 342 Å². The number of alkyl carbamates (subject to hydrolysis) is 1. The number of carbonyl (C=O) groups is 5. The number of nitriles is 1. The van der Waals surface area contributed by atoms with Gasteiger partial charge in [-0.15, -0.1) is 0 Å². The van der Waals surface area contributed by atoms with Crippen LogP contribution in [0.15, 0.2) is 0 Å². The van der Waals surface area contributed by atoms with Gasteiger partial charge in [-0.1, -0.05) is 193 Å². The first-order valence-electron chi connectivity index (χ1n) is 35.1. The van der Waals surface area contributed by atoms with E-state index in [1.54, 1.807) is 7.05 Å². The summed E-state index contributed by atoms with van der Waals surface area (Å²) < 4.78 is 16.8. The molecule has 0 bridgehead atoms. The maximum atomic E-state index is 12.2. The summed E-state index contributed by atoms with van der Waals surface area (Å²) in [6.45, 7) is 69.6. The second-order valence-electron chi connectivity index (χ2n) is 34.4. The lowest BCUT2D eigenvalue weighted by molar-refractivity contribution is -0.130. The largest absolute Gasteiger partial charge is 0.453 e. The summed E-state index contributed by atoms with van der Waals surface area (Å²) >= 11 is 0. The van der Waals surface area contributed by atoms with Crippen LogP contribution in [0.5, 0.6) is 0 Å². The molecule has 15 heteroatoms. The highest BCUT2D eigenvalue weighted by Gasteiger charge is 2.28. The Morgan fingerprint density at radius 2 is 0.747 bits per heavy atom. The monoisotopic (exact) mass is 1300 g/mol. The minimum Gasteiger partial charge on any atom is -0.453 e. The van der Waals surface area contributed by atoms with Gasteiger partial charge in [0.25, 0.3) is 0 Å². The maximum Gasteiger partial charge on any atom is 0.407 e. The van der Waals surface area contributed by atoms with E-state index in [1.807, 2.05) is 104 Å². The van der Waals surface area contributed by atoms with Gasteiger partial charge in [0.15, 0.2) is 0 Å². The third-order valence-electron chi connectivity index (χ3n) is 15.5. The van der Waals surface area contributed by atoms with Crippen molar-refractivity contribution >= 4 is 29.8 Å². The fourth-order valence-electron chi connectivity index (χ4n) is 7.33. The normalized spacial score (nSPS) is 12.0. The van der Waals surface area contributed by atoms with Crippen molar-refractivity contribution in [3.63, 3.8) is 0 Å². The standard InChI is InChI=1S/C11H23NO.C10H21NO2.C10H21NO.C9H19F.C9H20N2O.C9H19NO.C9H17N.C9H20O/c1-6-12-10(13)11(4,5)8-7-9(2)3;1-8(2)6-7-10(3,4)11-9(12)13-5;1-8(2)6-7-10(3,4)9(12)11-5;1-8(2)5-6-9(3,4)7-10;1-7(2)5-6-9(3,4)11-8(10)12;1-7(2)5-6-9(3,4)8(10)11;2*1-8(2)5-6-9(3,4)7-10/h9H,6-8H2,1-5H3,(H,12,13);8H,6-7H2,1-5H3,(H,11,12);8H,6-7H2,1-5H3,(H,11,12);8H,5-7H2,1-4H3;7H,5-6H2,1-4H3,(H3,10,11,12);7H,5-6H2,1-4H3,(H2,10,11);8H,5-6H2,1-4H3;8,10H,5-7H2,1-4H3. The number of aliphatic hydroxyl groups is 1. The van der Waals surface area contributed by atoms with E-state index in [0.717, 1.165) is 109 Å². The summed E-state index contributed by atoms with van der Waals surface area (Å²) in [5.41, 5.74) is 9.08. The molecule has 548 valence electrons. The fourth-order valence-corrected chi connectivity index (χ4v) is 7.33. The van der Waals surface area contributed by atoms with E-state index < -0.39 is 6.03 Å². The number of hydrogen-bond donors (Lipinski definition) is 7. The van der Waals surface area contributed by atoms with E-state index in [2.05, 4.69) is 157 Å². The van der Waals surface area contributed by atoms with Crippen molar-refractivity contribution in [2.24, 2.45) is 91.3 Å². The minimum atomic E-state index is -0.441. The van der Waals surface area contributed by atoms with Gasteiger partial charge in [-0.25, -0.2) is 9.59 Å². The predicted molar refractivity (Wildman–Crippen MR) is 392 cm³/mol. The van der Waals surface area contributed by atoms with Crippen LogP contribution in [0.4, 0.5) is 14.0 Å². The number of nitrogens with two attached hydrogens (primary N) is 2. The maximum absolute atomic E-state index is 12.2. The number of nitrogens with one attached hydrogen (secondary N) is 4. The molecule has 0 rings (SSSR count). The highest BCUT2D eigenvalue weighted by molar-refractivity contribution is 5.82. The molecule has 0 spiro atoms. The summed E-state index contributed by atoms with van der Waals surface area (Å²) in [5, 5.41) is 28.6. The first-order chi connectivity index (χ1) is 40.8. The Morgan fingerprint density at radius 3 is 1.01 bits per heavy atom. The Hall–Kier alpha value is -3.67. The number of ether oxygens (including phenoxy) is 1. The summed E-state index contributed by atoms with van der Waals surface area (Å²) in [6.07, 6.45) is 16.6. The average molecular weight is 1300 g/mol. The van der Waals surface area contributed by atoms with Gasteiger partial charge in [-0.3, -0.25) is 18.8 Å². The summed E-state index contributed by atoms with van der Waals surface area (Å²) in [6, 6.07) is 1.86.